The summed E-state index contributed by atoms with van der Waals surface area (Å²) in [5, 5.41) is 12.1. The molecule has 0 unspecified atom stereocenters. The van der Waals surface area contributed by atoms with Gasteiger partial charge >= 0.3 is 5.97 Å². The number of nitrogens with one attached hydrogen (secondary N) is 1. The van der Waals surface area contributed by atoms with Crippen LogP contribution in [0.15, 0.2) is 54.6 Å². The zero-order chi connectivity index (χ0) is 15.2. The molecule has 0 fully saturated rings. The second-order valence-electron chi connectivity index (χ2n) is 4.19. The first-order valence-electron chi connectivity index (χ1n) is 6.14. The van der Waals surface area contributed by atoms with Gasteiger partial charge in [0.15, 0.2) is 0 Å². The SMILES string of the molecule is O=C(C=Cc1ccccc1Cl)Nc1ccccc1C(=O)O. The molecule has 0 aromatic heterocycles. The van der Waals surface area contributed by atoms with E-state index in [1.165, 1.54) is 18.2 Å². The Labute approximate surface area is 126 Å². The monoisotopic (exact) mass is 301 g/mol. The van der Waals surface area contributed by atoms with Crippen LogP contribution in [0.4, 0.5) is 5.69 Å². The lowest BCUT2D eigenvalue weighted by Crippen LogP contribution is -2.11. The van der Waals surface area contributed by atoms with E-state index in [1.807, 2.05) is 6.07 Å². The number of hydrogen-bond acceptors (Lipinski definition) is 2. The number of hydrogen-bond donors (Lipinski definition) is 2. The average Bonchev–Trinajstić information content (AvgIpc) is 2.47. The third-order valence-corrected chi connectivity index (χ3v) is 3.08. The predicted molar refractivity (Wildman–Crippen MR) is 82.5 cm³/mol. The molecule has 0 bridgehead atoms. The summed E-state index contributed by atoms with van der Waals surface area (Å²) in [6, 6.07) is 13.3. The van der Waals surface area contributed by atoms with Gasteiger partial charge in [-0.2, -0.15) is 0 Å². The van der Waals surface area contributed by atoms with Crippen LogP contribution in [-0.4, -0.2) is 17.0 Å². The molecule has 21 heavy (non-hydrogen) atoms. The van der Waals surface area contributed by atoms with Crippen LogP contribution in [0.1, 0.15) is 15.9 Å². The molecule has 0 radical (unpaired) electrons. The third kappa shape index (κ3) is 3.94. The number of para-hydroxylation sites is 1. The summed E-state index contributed by atoms with van der Waals surface area (Å²) in [5.74, 6) is -1.52. The molecule has 4 nitrogen and oxygen atoms in total. The molecule has 0 aliphatic rings. The third-order valence-electron chi connectivity index (χ3n) is 2.73. The molecular formula is C16H12ClNO3. The summed E-state index contributed by atoms with van der Waals surface area (Å²) >= 11 is 5.97. The first-order valence-corrected chi connectivity index (χ1v) is 6.51. The Kier molecular flexibility index (Phi) is 4.74. The van der Waals surface area contributed by atoms with Crippen LogP contribution in [0.25, 0.3) is 6.08 Å². The van der Waals surface area contributed by atoms with E-state index in [4.69, 9.17) is 16.7 Å². The summed E-state index contributed by atoms with van der Waals surface area (Å²) in [5.41, 5.74) is 0.997. The van der Waals surface area contributed by atoms with Gasteiger partial charge in [-0.05, 0) is 29.8 Å². The summed E-state index contributed by atoms with van der Waals surface area (Å²) in [4.78, 5) is 22.9. The van der Waals surface area contributed by atoms with Crippen LogP contribution in [0.2, 0.25) is 5.02 Å². The van der Waals surface area contributed by atoms with Crippen LogP contribution >= 0.6 is 11.6 Å². The van der Waals surface area contributed by atoms with Gasteiger partial charge in [-0.15, -0.1) is 0 Å². The quantitative estimate of drug-likeness (QED) is 0.846. The molecule has 2 aromatic carbocycles. The fourth-order valence-electron chi connectivity index (χ4n) is 1.73. The molecule has 2 rings (SSSR count). The van der Waals surface area contributed by atoms with Crippen molar-refractivity contribution in [3.63, 3.8) is 0 Å². The summed E-state index contributed by atoms with van der Waals surface area (Å²) in [6.45, 7) is 0. The Hall–Kier alpha value is -2.59. The van der Waals surface area contributed by atoms with Crippen LogP contribution in [0.3, 0.4) is 0 Å². The summed E-state index contributed by atoms with van der Waals surface area (Å²) < 4.78 is 0. The van der Waals surface area contributed by atoms with E-state index in [1.54, 1.807) is 36.4 Å². The minimum Gasteiger partial charge on any atom is -0.478 e. The second-order valence-corrected chi connectivity index (χ2v) is 4.60. The van der Waals surface area contributed by atoms with Gasteiger partial charge in [0.1, 0.15) is 0 Å². The van der Waals surface area contributed by atoms with E-state index in [0.29, 0.717) is 10.6 Å². The minimum atomic E-state index is -1.10. The molecule has 2 aromatic rings. The molecule has 0 spiro atoms. The number of benzene rings is 2. The fourth-order valence-corrected chi connectivity index (χ4v) is 1.93. The van der Waals surface area contributed by atoms with Crippen molar-refractivity contribution < 1.29 is 14.7 Å². The van der Waals surface area contributed by atoms with Crippen molar-refractivity contribution >= 4 is 35.2 Å². The summed E-state index contributed by atoms with van der Waals surface area (Å²) in [6.07, 6.45) is 2.88. The number of rotatable bonds is 4. The zero-order valence-electron chi connectivity index (χ0n) is 10.9. The number of anilines is 1. The predicted octanol–water partition coefficient (Wildman–Crippen LogP) is 3.69. The number of carbonyl (C=O) groups excluding carboxylic acids is 1. The molecule has 0 heterocycles. The van der Waals surface area contributed by atoms with Gasteiger partial charge in [0.25, 0.3) is 0 Å². The van der Waals surface area contributed by atoms with Crippen molar-refractivity contribution in [1.29, 1.82) is 0 Å². The fraction of sp³-hybridized carbons (Fsp3) is 0. The number of amides is 1. The molecule has 0 saturated heterocycles. The highest BCUT2D eigenvalue weighted by molar-refractivity contribution is 6.32. The van der Waals surface area contributed by atoms with Crippen LogP contribution in [0, 0.1) is 0 Å². The molecule has 0 aliphatic heterocycles. The van der Waals surface area contributed by atoms with Crippen molar-refractivity contribution in [3.8, 4) is 0 Å². The van der Waals surface area contributed by atoms with Gasteiger partial charge in [0.05, 0.1) is 11.3 Å². The van der Waals surface area contributed by atoms with Crippen molar-refractivity contribution in [1.82, 2.24) is 0 Å². The van der Waals surface area contributed by atoms with E-state index in [0.717, 1.165) is 0 Å². The topological polar surface area (TPSA) is 66.4 Å². The lowest BCUT2D eigenvalue weighted by molar-refractivity contribution is -0.111. The zero-order valence-corrected chi connectivity index (χ0v) is 11.7. The Morgan fingerprint density at radius 3 is 2.43 bits per heavy atom. The standard InChI is InChI=1S/C16H12ClNO3/c17-13-7-3-1-5-11(13)9-10-15(19)18-14-8-4-2-6-12(14)16(20)21/h1-10H,(H,18,19)(H,20,21). The van der Waals surface area contributed by atoms with Crippen molar-refractivity contribution in [2.75, 3.05) is 5.32 Å². The van der Waals surface area contributed by atoms with Crippen molar-refractivity contribution in [2.24, 2.45) is 0 Å². The van der Waals surface area contributed by atoms with Gasteiger partial charge in [-0.3, -0.25) is 4.79 Å². The van der Waals surface area contributed by atoms with E-state index in [-0.39, 0.29) is 11.3 Å². The van der Waals surface area contributed by atoms with Gasteiger partial charge in [-0.1, -0.05) is 41.9 Å². The van der Waals surface area contributed by atoms with E-state index < -0.39 is 11.9 Å². The van der Waals surface area contributed by atoms with Gasteiger partial charge in [-0.25, -0.2) is 4.79 Å². The molecule has 0 atom stereocenters. The van der Waals surface area contributed by atoms with Crippen LogP contribution in [-0.2, 0) is 4.79 Å². The normalized spacial score (nSPS) is 10.5. The Bertz CT molecular complexity index is 710. The molecule has 0 aliphatic carbocycles. The van der Waals surface area contributed by atoms with E-state index in [9.17, 15) is 9.59 Å². The number of halogens is 1. The first kappa shape index (κ1) is 14.8. The molecule has 2 N–H and O–H groups in total. The Morgan fingerprint density at radius 2 is 1.71 bits per heavy atom. The minimum absolute atomic E-state index is 0.0389. The largest absolute Gasteiger partial charge is 0.478 e. The smallest absolute Gasteiger partial charge is 0.337 e. The van der Waals surface area contributed by atoms with Gasteiger partial charge in [0.2, 0.25) is 5.91 Å². The maximum atomic E-state index is 11.8. The highest BCUT2D eigenvalue weighted by Gasteiger charge is 2.10. The van der Waals surface area contributed by atoms with Crippen LogP contribution < -0.4 is 5.32 Å². The lowest BCUT2D eigenvalue weighted by atomic mass is 10.1. The highest BCUT2D eigenvalue weighted by atomic mass is 35.5. The Morgan fingerprint density at radius 1 is 1.05 bits per heavy atom. The maximum absolute atomic E-state index is 11.8. The Balaban J connectivity index is 2.13. The highest BCUT2D eigenvalue weighted by Crippen LogP contribution is 2.17. The molecule has 1 amide bonds. The average molecular weight is 302 g/mol. The second kappa shape index (κ2) is 6.72. The molecule has 106 valence electrons. The van der Waals surface area contributed by atoms with Gasteiger partial charge < -0.3 is 10.4 Å². The van der Waals surface area contributed by atoms with E-state index >= 15 is 0 Å². The first-order chi connectivity index (χ1) is 10.1. The molecule has 5 heteroatoms. The molecular weight excluding hydrogens is 290 g/mol. The maximum Gasteiger partial charge on any atom is 0.337 e. The van der Waals surface area contributed by atoms with Crippen molar-refractivity contribution in [2.45, 2.75) is 0 Å². The van der Waals surface area contributed by atoms with E-state index in [2.05, 4.69) is 5.32 Å². The number of aromatic carboxylic acids is 1. The number of carboxylic acid groups (broad SMARTS) is 1. The van der Waals surface area contributed by atoms with Crippen molar-refractivity contribution in [3.05, 3.63) is 70.8 Å². The number of carboxylic acids is 1. The molecule has 0 saturated carbocycles. The number of carbonyl (C=O) groups is 2. The van der Waals surface area contributed by atoms with Gasteiger partial charge in [0, 0.05) is 11.1 Å². The lowest BCUT2D eigenvalue weighted by Gasteiger charge is -2.05. The summed E-state index contributed by atoms with van der Waals surface area (Å²) in [7, 11) is 0. The van der Waals surface area contributed by atoms with Crippen LogP contribution in [0.5, 0.6) is 0 Å².